The highest BCUT2D eigenvalue weighted by Gasteiger charge is 2.37. The van der Waals surface area contributed by atoms with Crippen molar-refractivity contribution in [3.8, 4) is 5.75 Å². The second kappa shape index (κ2) is 6.89. The van der Waals surface area contributed by atoms with Gasteiger partial charge >= 0.3 is 0 Å². The topological polar surface area (TPSA) is 46.6 Å². The summed E-state index contributed by atoms with van der Waals surface area (Å²) >= 11 is 6.13. The molecule has 0 radical (unpaired) electrons. The monoisotopic (exact) mass is 341 g/mol. The van der Waals surface area contributed by atoms with Crippen LogP contribution in [0.4, 0.5) is 0 Å². The third-order valence-electron chi connectivity index (χ3n) is 3.96. The molecule has 1 heterocycles. The molecule has 0 aromatic heterocycles. The maximum absolute atomic E-state index is 12.6. The third kappa shape index (κ3) is 3.05. The largest absolute Gasteiger partial charge is 0.497 e. The van der Waals surface area contributed by atoms with E-state index in [-0.39, 0.29) is 23.1 Å². The zero-order valence-corrected chi connectivity index (χ0v) is 13.9. The number of benzene rings is 2. The van der Waals surface area contributed by atoms with Crippen LogP contribution in [0.15, 0.2) is 59.6 Å². The van der Waals surface area contributed by atoms with Gasteiger partial charge in [0.1, 0.15) is 10.8 Å². The van der Waals surface area contributed by atoms with Gasteiger partial charge in [-0.05, 0) is 29.7 Å². The van der Waals surface area contributed by atoms with Gasteiger partial charge in [0.2, 0.25) is 0 Å². The van der Waals surface area contributed by atoms with Gasteiger partial charge in [0.25, 0.3) is 11.8 Å². The maximum atomic E-state index is 12.6. The van der Waals surface area contributed by atoms with Crippen LogP contribution in [-0.2, 0) is 16.0 Å². The minimum atomic E-state index is -0.436. The van der Waals surface area contributed by atoms with Crippen LogP contribution in [0.3, 0.4) is 0 Å². The summed E-state index contributed by atoms with van der Waals surface area (Å²) in [6.07, 6.45) is 0.563. The molecule has 1 aliphatic rings. The summed E-state index contributed by atoms with van der Waals surface area (Å²) in [5, 5.41) is -0.0130. The molecule has 1 aliphatic heterocycles. The number of carbonyl (C=O) groups excluding carboxylic acids is 2. The summed E-state index contributed by atoms with van der Waals surface area (Å²) in [6, 6.07) is 16.5. The van der Waals surface area contributed by atoms with Crippen LogP contribution in [-0.4, -0.2) is 30.4 Å². The zero-order valence-electron chi connectivity index (χ0n) is 13.2. The second-order valence-corrected chi connectivity index (χ2v) is 5.79. The molecule has 5 heteroatoms. The number of carbonyl (C=O) groups is 2. The average molecular weight is 342 g/mol. The Labute approximate surface area is 145 Å². The van der Waals surface area contributed by atoms with Crippen molar-refractivity contribution in [1.82, 2.24) is 4.90 Å². The van der Waals surface area contributed by atoms with E-state index in [9.17, 15) is 9.59 Å². The Morgan fingerprint density at radius 2 is 1.62 bits per heavy atom. The summed E-state index contributed by atoms with van der Waals surface area (Å²) in [4.78, 5) is 26.1. The SMILES string of the molecule is COc1ccc(CCN2C(=O)C(Cl)=C(c3ccccc3)C2=O)cc1. The van der Waals surface area contributed by atoms with Crippen LogP contribution in [0.25, 0.3) is 5.57 Å². The number of amides is 2. The summed E-state index contributed by atoms with van der Waals surface area (Å²) < 4.78 is 5.12. The van der Waals surface area contributed by atoms with Gasteiger partial charge in [-0.3, -0.25) is 14.5 Å². The van der Waals surface area contributed by atoms with Crippen LogP contribution in [0.5, 0.6) is 5.75 Å². The molecule has 0 saturated heterocycles. The first kappa shape index (κ1) is 16.3. The van der Waals surface area contributed by atoms with E-state index in [2.05, 4.69) is 0 Å². The molecule has 24 heavy (non-hydrogen) atoms. The van der Waals surface area contributed by atoms with E-state index >= 15 is 0 Å². The van der Waals surface area contributed by atoms with Crippen molar-refractivity contribution < 1.29 is 14.3 Å². The predicted molar refractivity (Wildman–Crippen MR) is 92.6 cm³/mol. The molecule has 2 amide bonds. The second-order valence-electron chi connectivity index (χ2n) is 5.42. The highest BCUT2D eigenvalue weighted by molar-refractivity contribution is 6.55. The standard InChI is InChI=1S/C19H16ClNO3/c1-24-15-9-7-13(8-10-15)11-12-21-18(22)16(17(20)19(21)23)14-5-3-2-4-6-14/h2-10H,11-12H2,1H3. The zero-order chi connectivity index (χ0) is 17.1. The van der Waals surface area contributed by atoms with Crippen LogP contribution < -0.4 is 4.74 Å². The molecule has 122 valence electrons. The molecule has 3 rings (SSSR count). The van der Waals surface area contributed by atoms with E-state index in [0.717, 1.165) is 11.3 Å². The number of halogens is 1. The van der Waals surface area contributed by atoms with Crippen molar-refractivity contribution >= 4 is 29.0 Å². The van der Waals surface area contributed by atoms with Gasteiger partial charge in [-0.2, -0.15) is 0 Å². The van der Waals surface area contributed by atoms with Crippen LogP contribution in [0, 0.1) is 0 Å². The molecule has 0 fully saturated rings. The summed E-state index contributed by atoms with van der Waals surface area (Å²) in [6.45, 7) is 0.288. The van der Waals surface area contributed by atoms with Crippen molar-refractivity contribution in [3.05, 3.63) is 70.8 Å². The number of hydrogen-bond acceptors (Lipinski definition) is 3. The van der Waals surface area contributed by atoms with Crippen molar-refractivity contribution in [3.63, 3.8) is 0 Å². The molecule has 0 spiro atoms. The number of hydrogen-bond donors (Lipinski definition) is 0. The van der Waals surface area contributed by atoms with E-state index in [1.807, 2.05) is 42.5 Å². The van der Waals surface area contributed by atoms with Crippen molar-refractivity contribution in [2.24, 2.45) is 0 Å². The van der Waals surface area contributed by atoms with E-state index in [1.54, 1.807) is 19.2 Å². The first-order valence-electron chi connectivity index (χ1n) is 7.56. The molecule has 0 N–H and O–H groups in total. The Balaban J connectivity index is 1.74. The van der Waals surface area contributed by atoms with E-state index in [0.29, 0.717) is 12.0 Å². The fourth-order valence-electron chi connectivity index (χ4n) is 2.64. The highest BCUT2D eigenvalue weighted by atomic mass is 35.5. The van der Waals surface area contributed by atoms with E-state index in [1.165, 1.54) is 4.90 Å². The summed E-state index contributed by atoms with van der Waals surface area (Å²) in [5.74, 6) is -0.0121. The maximum Gasteiger partial charge on any atom is 0.273 e. The molecule has 2 aromatic rings. The summed E-state index contributed by atoms with van der Waals surface area (Å²) in [5.41, 5.74) is 1.95. The first-order chi connectivity index (χ1) is 11.6. The quantitative estimate of drug-likeness (QED) is 0.784. The Morgan fingerprint density at radius 1 is 0.958 bits per heavy atom. The minimum absolute atomic E-state index is 0.0130. The van der Waals surface area contributed by atoms with E-state index in [4.69, 9.17) is 16.3 Å². The van der Waals surface area contributed by atoms with Crippen molar-refractivity contribution in [1.29, 1.82) is 0 Å². The predicted octanol–water partition coefficient (Wildman–Crippen LogP) is 3.26. The number of methoxy groups -OCH3 is 1. The third-order valence-corrected chi connectivity index (χ3v) is 4.31. The summed E-state index contributed by atoms with van der Waals surface area (Å²) in [7, 11) is 1.61. The fourth-order valence-corrected chi connectivity index (χ4v) is 2.93. The lowest BCUT2D eigenvalue weighted by Gasteiger charge is -2.15. The van der Waals surface area contributed by atoms with E-state index < -0.39 is 5.91 Å². The van der Waals surface area contributed by atoms with Crippen molar-refractivity contribution in [2.75, 3.05) is 13.7 Å². The molecular weight excluding hydrogens is 326 g/mol. The minimum Gasteiger partial charge on any atom is -0.497 e. The molecule has 0 bridgehead atoms. The molecule has 2 aromatic carbocycles. The van der Waals surface area contributed by atoms with Crippen LogP contribution >= 0.6 is 11.6 Å². The Kier molecular flexibility index (Phi) is 4.67. The smallest absolute Gasteiger partial charge is 0.273 e. The normalized spacial score (nSPS) is 14.5. The first-order valence-corrected chi connectivity index (χ1v) is 7.94. The van der Waals surface area contributed by atoms with Gasteiger partial charge in [0, 0.05) is 6.54 Å². The molecule has 0 atom stereocenters. The average Bonchev–Trinajstić information content (AvgIpc) is 2.83. The lowest BCUT2D eigenvalue weighted by atomic mass is 10.1. The number of ether oxygens (including phenoxy) is 1. The van der Waals surface area contributed by atoms with Crippen molar-refractivity contribution in [2.45, 2.75) is 6.42 Å². The van der Waals surface area contributed by atoms with Gasteiger partial charge < -0.3 is 4.74 Å². The number of imide groups is 1. The molecule has 0 aliphatic carbocycles. The highest BCUT2D eigenvalue weighted by Crippen LogP contribution is 2.31. The molecule has 0 unspecified atom stereocenters. The molecule has 0 saturated carbocycles. The fraction of sp³-hybridized carbons (Fsp3) is 0.158. The Morgan fingerprint density at radius 3 is 2.25 bits per heavy atom. The Hall–Kier alpha value is -2.59. The lowest BCUT2D eigenvalue weighted by Crippen LogP contribution is -2.33. The number of nitrogens with zero attached hydrogens (tertiary/aromatic N) is 1. The van der Waals surface area contributed by atoms with Gasteiger partial charge in [-0.15, -0.1) is 0 Å². The van der Waals surface area contributed by atoms with Crippen LogP contribution in [0.1, 0.15) is 11.1 Å². The molecule has 4 nitrogen and oxygen atoms in total. The van der Waals surface area contributed by atoms with Gasteiger partial charge in [0.15, 0.2) is 0 Å². The molecular formula is C19H16ClNO3. The van der Waals surface area contributed by atoms with Gasteiger partial charge in [-0.25, -0.2) is 0 Å². The van der Waals surface area contributed by atoms with Gasteiger partial charge in [-0.1, -0.05) is 54.1 Å². The van der Waals surface area contributed by atoms with Gasteiger partial charge in [0.05, 0.1) is 12.7 Å². The van der Waals surface area contributed by atoms with Crippen LogP contribution in [0.2, 0.25) is 0 Å². The Bertz CT molecular complexity index is 797. The lowest BCUT2D eigenvalue weighted by molar-refractivity contribution is -0.136. The number of rotatable bonds is 5.